The van der Waals surface area contributed by atoms with Gasteiger partial charge in [0.1, 0.15) is 18.7 Å². The van der Waals surface area contributed by atoms with Crippen LogP contribution < -0.4 is 5.32 Å². The summed E-state index contributed by atoms with van der Waals surface area (Å²) in [7, 11) is 1.92. The summed E-state index contributed by atoms with van der Waals surface area (Å²) in [4.78, 5) is 9.31. The molecule has 1 aromatic carbocycles. The van der Waals surface area contributed by atoms with E-state index in [0.717, 1.165) is 56.6 Å². The fourth-order valence-electron chi connectivity index (χ4n) is 3.04. The van der Waals surface area contributed by atoms with Gasteiger partial charge < -0.3 is 14.8 Å². The summed E-state index contributed by atoms with van der Waals surface area (Å²) in [6, 6.07) is 5.33. The summed E-state index contributed by atoms with van der Waals surface area (Å²) < 4.78 is 16.1. The summed E-state index contributed by atoms with van der Waals surface area (Å²) in [5.41, 5.74) is 0.993. The van der Waals surface area contributed by atoms with Crippen molar-refractivity contribution in [3.05, 3.63) is 46.2 Å². The third-order valence-corrected chi connectivity index (χ3v) is 5.22. The van der Waals surface area contributed by atoms with Crippen LogP contribution in [0.2, 0.25) is 0 Å². The van der Waals surface area contributed by atoms with Gasteiger partial charge in [-0.3, -0.25) is 4.90 Å². The van der Waals surface area contributed by atoms with E-state index in [0.29, 0.717) is 11.0 Å². The van der Waals surface area contributed by atoms with Gasteiger partial charge in [0.15, 0.2) is 11.8 Å². The number of hydrogen-bond donors (Lipinski definition) is 1. The maximum absolute atomic E-state index is 13.7. The maximum atomic E-state index is 13.7. The van der Waals surface area contributed by atoms with Gasteiger partial charge in [0.05, 0.1) is 4.47 Å². The molecule has 1 aliphatic rings. The van der Waals surface area contributed by atoms with Crippen molar-refractivity contribution in [3.8, 4) is 0 Å². The van der Waals surface area contributed by atoms with E-state index in [1.54, 1.807) is 18.5 Å². The zero-order chi connectivity index (χ0) is 19.2. The smallest absolute Gasteiger partial charge is 0.194 e. The van der Waals surface area contributed by atoms with Crippen LogP contribution in [-0.4, -0.2) is 63.2 Å². The summed E-state index contributed by atoms with van der Waals surface area (Å²) in [6.07, 6.45) is 1.68. The van der Waals surface area contributed by atoms with Crippen molar-refractivity contribution >= 4 is 21.9 Å². The Hall–Kier alpha value is -2.00. The van der Waals surface area contributed by atoms with Gasteiger partial charge in [0.25, 0.3) is 0 Å². The molecule has 0 saturated carbocycles. The average Bonchev–Trinajstić information content (AvgIpc) is 3.07. The summed E-state index contributed by atoms with van der Waals surface area (Å²) in [5.74, 6) is 1.52. The summed E-state index contributed by atoms with van der Waals surface area (Å²) >= 11 is 3.20. The number of aryl methyl sites for hydroxylation is 1. The molecule has 0 bridgehead atoms. The molecule has 0 amide bonds. The molecule has 27 heavy (non-hydrogen) atoms. The number of piperazine rings is 1. The number of halogens is 2. The highest BCUT2D eigenvalue weighted by atomic mass is 79.9. The number of nitrogens with one attached hydrogen (secondary N) is 1. The minimum Gasteiger partial charge on any atom is -0.357 e. The van der Waals surface area contributed by atoms with Crippen molar-refractivity contribution in [1.29, 1.82) is 0 Å². The second-order valence-corrected chi connectivity index (χ2v) is 7.39. The van der Waals surface area contributed by atoms with E-state index >= 15 is 0 Å². The van der Waals surface area contributed by atoms with Crippen molar-refractivity contribution in [2.24, 2.45) is 12.0 Å². The molecule has 9 heteroatoms. The first kappa shape index (κ1) is 19.8. The molecule has 0 atom stereocenters. The van der Waals surface area contributed by atoms with E-state index in [4.69, 9.17) is 4.99 Å². The Morgan fingerprint density at radius 2 is 2.07 bits per heavy atom. The zero-order valence-corrected chi connectivity index (χ0v) is 17.3. The van der Waals surface area contributed by atoms with Crippen molar-refractivity contribution in [2.45, 2.75) is 20.0 Å². The van der Waals surface area contributed by atoms with Gasteiger partial charge in [-0.2, -0.15) is 0 Å². The highest BCUT2D eigenvalue weighted by Crippen LogP contribution is 2.18. The van der Waals surface area contributed by atoms with Gasteiger partial charge in [-0.1, -0.05) is 6.07 Å². The fourth-order valence-corrected chi connectivity index (χ4v) is 3.28. The molecule has 7 nitrogen and oxygen atoms in total. The van der Waals surface area contributed by atoms with Crippen LogP contribution in [0.15, 0.2) is 34.0 Å². The monoisotopic (exact) mass is 437 g/mol. The summed E-state index contributed by atoms with van der Waals surface area (Å²) in [5, 5.41) is 11.3. The number of benzene rings is 1. The first-order valence-electron chi connectivity index (χ1n) is 9.09. The first-order valence-corrected chi connectivity index (χ1v) is 9.88. The van der Waals surface area contributed by atoms with E-state index in [2.05, 4.69) is 48.2 Å². The highest BCUT2D eigenvalue weighted by molar-refractivity contribution is 9.10. The Morgan fingerprint density at radius 1 is 1.30 bits per heavy atom. The van der Waals surface area contributed by atoms with Crippen LogP contribution in [0.25, 0.3) is 0 Å². The molecule has 3 rings (SSSR count). The van der Waals surface area contributed by atoms with E-state index in [1.165, 1.54) is 0 Å². The van der Waals surface area contributed by atoms with Crippen LogP contribution in [0.3, 0.4) is 0 Å². The number of guanidine groups is 1. The Balaban J connectivity index is 1.57. The van der Waals surface area contributed by atoms with Crippen molar-refractivity contribution in [1.82, 2.24) is 29.9 Å². The van der Waals surface area contributed by atoms with Crippen LogP contribution in [0.4, 0.5) is 4.39 Å². The van der Waals surface area contributed by atoms with Crippen molar-refractivity contribution < 1.29 is 4.39 Å². The lowest BCUT2D eigenvalue weighted by atomic mass is 10.2. The third kappa shape index (κ3) is 5.26. The van der Waals surface area contributed by atoms with Crippen LogP contribution in [0.5, 0.6) is 0 Å². The molecule has 1 aliphatic heterocycles. The number of aromatic nitrogens is 3. The Bertz CT molecular complexity index is 784. The predicted octanol–water partition coefficient (Wildman–Crippen LogP) is 2.00. The minimum absolute atomic E-state index is 0.212. The molecule has 1 fully saturated rings. The molecule has 0 radical (unpaired) electrons. The van der Waals surface area contributed by atoms with Gasteiger partial charge in [-0.15, -0.1) is 10.2 Å². The van der Waals surface area contributed by atoms with Crippen LogP contribution in [0.1, 0.15) is 18.3 Å². The molecule has 2 aromatic rings. The predicted molar refractivity (Wildman–Crippen MR) is 107 cm³/mol. The van der Waals surface area contributed by atoms with E-state index in [-0.39, 0.29) is 5.82 Å². The Labute approximate surface area is 167 Å². The fraction of sp³-hybridized carbons (Fsp3) is 0.500. The number of aliphatic imine (C=N–C) groups is 1. The zero-order valence-electron chi connectivity index (χ0n) is 15.7. The molecule has 1 saturated heterocycles. The van der Waals surface area contributed by atoms with Gasteiger partial charge in [0, 0.05) is 46.3 Å². The van der Waals surface area contributed by atoms with Gasteiger partial charge in [-0.05, 0) is 40.5 Å². The normalized spacial score (nSPS) is 16.0. The minimum atomic E-state index is -0.212. The molecule has 0 unspecified atom stereocenters. The lowest BCUT2D eigenvalue weighted by Crippen LogP contribution is -2.52. The largest absolute Gasteiger partial charge is 0.357 e. The second-order valence-electron chi connectivity index (χ2n) is 6.54. The van der Waals surface area contributed by atoms with Gasteiger partial charge in [0.2, 0.25) is 0 Å². The lowest BCUT2D eigenvalue weighted by molar-refractivity contribution is 0.172. The van der Waals surface area contributed by atoms with Crippen LogP contribution in [0, 0.1) is 5.82 Å². The van der Waals surface area contributed by atoms with Crippen LogP contribution >= 0.6 is 15.9 Å². The van der Waals surface area contributed by atoms with Crippen molar-refractivity contribution in [3.63, 3.8) is 0 Å². The third-order valence-electron chi connectivity index (χ3n) is 4.57. The standard InChI is InChI=1S/C18H25BrFN7/c1-3-21-18(22-11-17-24-23-13-25(17)2)27-8-6-26(7-9-27)12-14-4-5-15(19)16(20)10-14/h4-5,10,13H,3,6-9,11-12H2,1-2H3,(H,21,22). The van der Waals surface area contributed by atoms with Crippen LogP contribution in [-0.2, 0) is 20.1 Å². The number of rotatable bonds is 5. The molecule has 1 aromatic heterocycles. The molecule has 2 heterocycles. The van der Waals surface area contributed by atoms with E-state index < -0.39 is 0 Å². The quantitative estimate of drug-likeness (QED) is 0.572. The topological polar surface area (TPSA) is 61.6 Å². The lowest BCUT2D eigenvalue weighted by Gasteiger charge is -2.36. The molecule has 146 valence electrons. The Kier molecular flexibility index (Phi) is 6.78. The molecule has 1 N–H and O–H groups in total. The first-order chi connectivity index (χ1) is 13.1. The summed E-state index contributed by atoms with van der Waals surface area (Å²) in [6.45, 7) is 7.71. The molecular weight excluding hydrogens is 413 g/mol. The molecule has 0 spiro atoms. The van der Waals surface area contributed by atoms with E-state index in [9.17, 15) is 4.39 Å². The molecule has 0 aliphatic carbocycles. The van der Waals surface area contributed by atoms with Gasteiger partial charge in [-0.25, -0.2) is 9.38 Å². The Morgan fingerprint density at radius 3 is 2.70 bits per heavy atom. The maximum Gasteiger partial charge on any atom is 0.194 e. The number of nitrogens with zero attached hydrogens (tertiary/aromatic N) is 6. The SMILES string of the molecule is CCNC(=NCc1nncn1C)N1CCN(Cc2ccc(Br)c(F)c2)CC1. The molecular formula is C18H25BrFN7. The highest BCUT2D eigenvalue weighted by Gasteiger charge is 2.20. The van der Waals surface area contributed by atoms with Gasteiger partial charge >= 0.3 is 0 Å². The van der Waals surface area contributed by atoms with Crippen molar-refractivity contribution in [2.75, 3.05) is 32.7 Å². The second kappa shape index (κ2) is 9.27. The average molecular weight is 438 g/mol. The van der Waals surface area contributed by atoms with E-state index in [1.807, 2.05) is 17.7 Å². The number of hydrogen-bond acceptors (Lipinski definition) is 4.